The smallest absolute Gasteiger partial charge is 0.342 e. The molecule has 5 rings (SSSR count). The summed E-state index contributed by atoms with van der Waals surface area (Å²) in [5, 5.41) is 12.0. The molecular formula is C28H28N2O7S. The number of methoxy groups -OCH3 is 3. The van der Waals surface area contributed by atoms with Crippen molar-refractivity contribution in [3.05, 3.63) is 82.6 Å². The third kappa shape index (κ3) is 4.60. The summed E-state index contributed by atoms with van der Waals surface area (Å²) in [5.74, 6) is -2.53. The first-order valence-corrected chi connectivity index (χ1v) is 12.8. The molecule has 2 unspecified atom stereocenters. The molecule has 0 bridgehead atoms. The average molecular weight is 537 g/mol. The van der Waals surface area contributed by atoms with E-state index < -0.39 is 17.5 Å². The second-order valence-electron chi connectivity index (χ2n) is 8.91. The normalized spacial score (nSPS) is 23.3. The van der Waals surface area contributed by atoms with Crippen molar-refractivity contribution in [1.29, 1.82) is 0 Å². The van der Waals surface area contributed by atoms with Gasteiger partial charge >= 0.3 is 5.97 Å². The molecule has 0 saturated carbocycles. The van der Waals surface area contributed by atoms with E-state index >= 15 is 0 Å². The molecule has 0 amide bonds. The maximum absolute atomic E-state index is 13.4. The van der Waals surface area contributed by atoms with Gasteiger partial charge in [0, 0.05) is 37.4 Å². The summed E-state index contributed by atoms with van der Waals surface area (Å²) in [4.78, 5) is 13.4. The summed E-state index contributed by atoms with van der Waals surface area (Å²) < 4.78 is 36.8. The van der Waals surface area contributed by atoms with Crippen LogP contribution in [0, 0.1) is 0 Å². The van der Waals surface area contributed by atoms with Gasteiger partial charge in [-0.25, -0.2) is 4.79 Å². The van der Waals surface area contributed by atoms with E-state index in [1.165, 1.54) is 0 Å². The molecule has 0 radical (unpaired) electrons. The van der Waals surface area contributed by atoms with E-state index in [1.54, 1.807) is 69.9 Å². The maximum atomic E-state index is 13.4. The minimum absolute atomic E-state index is 0.190. The van der Waals surface area contributed by atoms with Crippen molar-refractivity contribution in [2.24, 2.45) is 0 Å². The van der Waals surface area contributed by atoms with Crippen LogP contribution in [0.4, 0.5) is 0 Å². The van der Waals surface area contributed by atoms with E-state index in [0.717, 1.165) is 22.8 Å². The van der Waals surface area contributed by atoms with E-state index in [4.69, 9.17) is 23.7 Å². The van der Waals surface area contributed by atoms with Crippen molar-refractivity contribution in [2.75, 3.05) is 27.9 Å². The molecule has 38 heavy (non-hydrogen) atoms. The SMILES string of the molecule is CCOC1(OC)C=C(CC2=C(c3ccc4nsnc4c3)C(=O)OC2(O)c2ccc(OC)cc2)CC(OC)=C1. The Bertz CT molecular complexity index is 1460. The predicted molar refractivity (Wildman–Crippen MR) is 141 cm³/mol. The summed E-state index contributed by atoms with van der Waals surface area (Å²) in [5.41, 5.74) is 3.85. The summed E-state index contributed by atoms with van der Waals surface area (Å²) in [7, 11) is 4.69. The highest BCUT2D eigenvalue weighted by Crippen LogP contribution is 2.47. The van der Waals surface area contributed by atoms with Crippen LogP contribution in [0.5, 0.6) is 5.75 Å². The Morgan fingerprint density at radius 1 is 1.03 bits per heavy atom. The fourth-order valence-electron chi connectivity index (χ4n) is 4.86. The van der Waals surface area contributed by atoms with Crippen molar-refractivity contribution < 1.29 is 33.6 Å². The van der Waals surface area contributed by atoms with Crippen LogP contribution in [0.1, 0.15) is 30.9 Å². The zero-order chi connectivity index (χ0) is 26.9. The highest BCUT2D eigenvalue weighted by molar-refractivity contribution is 7.00. The highest BCUT2D eigenvalue weighted by atomic mass is 32.1. The molecular weight excluding hydrogens is 508 g/mol. The lowest BCUT2D eigenvalue weighted by Gasteiger charge is -2.32. The van der Waals surface area contributed by atoms with Crippen LogP contribution >= 0.6 is 11.7 Å². The van der Waals surface area contributed by atoms with Gasteiger partial charge in [0.25, 0.3) is 5.79 Å². The van der Waals surface area contributed by atoms with E-state index in [2.05, 4.69) is 8.75 Å². The van der Waals surface area contributed by atoms with Crippen LogP contribution in [0.15, 0.2) is 71.5 Å². The Labute approximate surface area is 224 Å². The van der Waals surface area contributed by atoms with E-state index in [-0.39, 0.29) is 12.0 Å². The zero-order valence-corrected chi connectivity index (χ0v) is 22.3. The second kappa shape index (κ2) is 10.3. The first-order chi connectivity index (χ1) is 18.3. The van der Waals surface area contributed by atoms with Crippen LogP contribution in [-0.2, 0) is 29.5 Å². The number of allylic oxidation sites excluding steroid dienone is 1. The van der Waals surface area contributed by atoms with Gasteiger partial charge in [0.1, 0.15) is 22.5 Å². The molecule has 2 aromatic carbocycles. The summed E-state index contributed by atoms with van der Waals surface area (Å²) >= 11 is 1.09. The number of hydrogen-bond donors (Lipinski definition) is 1. The predicted octanol–water partition coefficient (Wildman–Crippen LogP) is 4.49. The molecule has 10 heteroatoms. The van der Waals surface area contributed by atoms with Gasteiger partial charge in [-0.3, -0.25) is 0 Å². The molecule has 1 aliphatic heterocycles. The van der Waals surface area contributed by atoms with Gasteiger partial charge in [-0.15, -0.1) is 0 Å². The molecule has 3 aromatic rings. The average Bonchev–Trinajstić information content (AvgIpc) is 3.50. The van der Waals surface area contributed by atoms with Gasteiger partial charge in [-0.2, -0.15) is 8.75 Å². The maximum Gasteiger partial charge on any atom is 0.342 e. The Balaban J connectivity index is 1.66. The van der Waals surface area contributed by atoms with Crippen molar-refractivity contribution >= 4 is 34.3 Å². The first-order valence-electron chi connectivity index (χ1n) is 12.1. The minimum atomic E-state index is -2.01. The molecule has 2 aliphatic rings. The van der Waals surface area contributed by atoms with Gasteiger partial charge in [-0.05, 0) is 61.4 Å². The van der Waals surface area contributed by atoms with Gasteiger partial charge in [0.15, 0.2) is 0 Å². The number of ether oxygens (including phenoxy) is 5. The van der Waals surface area contributed by atoms with E-state index in [0.29, 0.717) is 46.8 Å². The number of rotatable bonds is 9. The van der Waals surface area contributed by atoms with Crippen LogP contribution in [0.2, 0.25) is 0 Å². The van der Waals surface area contributed by atoms with E-state index in [1.807, 2.05) is 13.0 Å². The molecule has 2 heterocycles. The molecule has 2 atom stereocenters. The molecule has 1 N–H and O–H groups in total. The van der Waals surface area contributed by atoms with Crippen molar-refractivity contribution in [3.8, 4) is 5.75 Å². The first kappa shape index (κ1) is 26.1. The number of fused-ring (bicyclic) bond motifs is 1. The summed E-state index contributed by atoms with van der Waals surface area (Å²) in [6.45, 7) is 2.28. The van der Waals surface area contributed by atoms with Crippen molar-refractivity contribution in [1.82, 2.24) is 8.75 Å². The molecule has 0 spiro atoms. The topological polar surface area (TPSA) is 109 Å². The number of aliphatic hydroxyl groups is 1. The Morgan fingerprint density at radius 2 is 1.79 bits per heavy atom. The van der Waals surface area contributed by atoms with Gasteiger partial charge in [-0.1, -0.05) is 11.6 Å². The Kier molecular flexibility index (Phi) is 7.06. The number of benzene rings is 2. The largest absolute Gasteiger partial charge is 0.501 e. The number of esters is 1. The number of carbonyl (C=O) groups excluding carboxylic acids is 1. The zero-order valence-electron chi connectivity index (χ0n) is 21.5. The van der Waals surface area contributed by atoms with Gasteiger partial charge in [0.2, 0.25) is 5.79 Å². The molecule has 1 aliphatic carbocycles. The number of hydrogen-bond acceptors (Lipinski definition) is 10. The van der Waals surface area contributed by atoms with Crippen LogP contribution in [0.3, 0.4) is 0 Å². The number of cyclic esters (lactones) is 1. The summed E-state index contributed by atoms with van der Waals surface area (Å²) in [6.07, 6.45) is 4.27. The molecule has 198 valence electrons. The lowest BCUT2D eigenvalue weighted by atomic mass is 9.85. The fourth-order valence-corrected chi connectivity index (χ4v) is 5.38. The van der Waals surface area contributed by atoms with Crippen LogP contribution in [0.25, 0.3) is 16.6 Å². The molecule has 0 fully saturated rings. The van der Waals surface area contributed by atoms with Crippen LogP contribution < -0.4 is 4.74 Å². The molecule has 9 nitrogen and oxygen atoms in total. The summed E-state index contributed by atoms with van der Waals surface area (Å²) in [6, 6.07) is 12.1. The lowest BCUT2D eigenvalue weighted by molar-refractivity contribution is -0.185. The second-order valence-corrected chi connectivity index (χ2v) is 9.44. The Morgan fingerprint density at radius 3 is 2.47 bits per heavy atom. The van der Waals surface area contributed by atoms with Gasteiger partial charge < -0.3 is 28.8 Å². The number of aromatic nitrogens is 2. The highest BCUT2D eigenvalue weighted by Gasteiger charge is 2.49. The fraction of sp³-hybridized carbons (Fsp3) is 0.321. The third-order valence-corrected chi connectivity index (χ3v) is 7.26. The van der Waals surface area contributed by atoms with Gasteiger partial charge in [0.05, 0.1) is 31.5 Å². The number of nitrogens with zero attached hydrogens (tertiary/aromatic N) is 2. The third-order valence-electron chi connectivity index (χ3n) is 6.70. The van der Waals surface area contributed by atoms with Crippen molar-refractivity contribution in [2.45, 2.75) is 31.3 Å². The monoisotopic (exact) mass is 536 g/mol. The quantitative estimate of drug-likeness (QED) is 0.240. The standard InChI is InChI=1S/C28H28N2O7S/c1-5-36-27(35-4)15-17(12-21(16-27)34-3)13-22-25(18-6-11-23-24(14-18)30-38-29-23)26(31)37-28(22,32)19-7-9-20(33-2)10-8-19/h6-11,14-16,32H,5,12-13H2,1-4H3. The van der Waals surface area contributed by atoms with Crippen LogP contribution in [-0.4, -0.2) is 53.5 Å². The van der Waals surface area contributed by atoms with E-state index in [9.17, 15) is 9.90 Å². The Hall–Kier alpha value is -3.57. The minimum Gasteiger partial charge on any atom is -0.501 e. The van der Waals surface area contributed by atoms with Crippen molar-refractivity contribution in [3.63, 3.8) is 0 Å². The lowest BCUT2D eigenvalue weighted by Crippen LogP contribution is -2.34. The molecule has 1 aromatic heterocycles. The number of carbonyl (C=O) groups is 1. The molecule has 0 saturated heterocycles.